The Balaban J connectivity index is 1.74. The Morgan fingerprint density at radius 2 is 1.65 bits per heavy atom. The Labute approximate surface area is 139 Å². The second-order valence-corrected chi connectivity index (χ2v) is 5.73. The summed E-state index contributed by atoms with van der Waals surface area (Å²) in [5.74, 6) is 0.911. The van der Waals surface area contributed by atoms with Crippen LogP contribution in [0.4, 0.5) is 0 Å². The SMILES string of the molecule is CC[C@@H](C)[NH2+]CCOCCOc1ccccc1-c1ccccc1. The first-order valence-electron chi connectivity index (χ1n) is 8.49. The topological polar surface area (TPSA) is 35.1 Å². The molecule has 0 amide bonds. The molecule has 0 saturated heterocycles. The third-order valence-electron chi connectivity index (χ3n) is 3.93. The summed E-state index contributed by atoms with van der Waals surface area (Å²) in [6.45, 7) is 7.43. The number of quaternary nitrogens is 1. The summed E-state index contributed by atoms with van der Waals surface area (Å²) in [5, 5.41) is 2.32. The van der Waals surface area contributed by atoms with E-state index >= 15 is 0 Å². The molecule has 124 valence electrons. The molecule has 2 N–H and O–H groups in total. The third-order valence-corrected chi connectivity index (χ3v) is 3.93. The molecule has 0 aromatic heterocycles. The Kier molecular flexibility index (Phi) is 7.64. The minimum absolute atomic E-state index is 0.577. The second-order valence-electron chi connectivity index (χ2n) is 5.73. The highest BCUT2D eigenvalue weighted by Gasteiger charge is 2.05. The van der Waals surface area contributed by atoms with Crippen molar-refractivity contribution in [3.63, 3.8) is 0 Å². The third kappa shape index (κ3) is 6.05. The molecule has 0 saturated carbocycles. The molecule has 23 heavy (non-hydrogen) atoms. The number of nitrogens with two attached hydrogens (primary N) is 1. The van der Waals surface area contributed by atoms with Gasteiger partial charge in [-0.05, 0) is 25.0 Å². The van der Waals surface area contributed by atoms with Crippen LogP contribution in [0.5, 0.6) is 5.75 Å². The van der Waals surface area contributed by atoms with Crippen LogP contribution in [0, 0.1) is 0 Å². The van der Waals surface area contributed by atoms with Crippen molar-refractivity contribution in [2.45, 2.75) is 26.3 Å². The van der Waals surface area contributed by atoms with Gasteiger partial charge in [0.15, 0.2) is 0 Å². The van der Waals surface area contributed by atoms with Gasteiger partial charge in [0.2, 0.25) is 0 Å². The van der Waals surface area contributed by atoms with Gasteiger partial charge < -0.3 is 14.8 Å². The maximum absolute atomic E-state index is 5.91. The smallest absolute Gasteiger partial charge is 0.127 e. The van der Waals surface area contributed by atoms with Crippen LogP contribution in [0.2, 0.25) is 0 Å². The Morgan fingerprint density at radius 3 is 2.43 bits per heavy atom. The van der Waals surface area contributed by atoms with Crippen LogP contribution in [0.15, 0.2) is 54.6 Å². The fraction of sp³-hybridized carbons (Fsp3) is 0.400. The van der Waals surface area contributed by atoms with E-state index in [1.54, 1.807) is 0 Å². The predicted molar refractivity (Wildman–Crippen MR) is 94.7 cm³/mol. The lowest BCUT2D eigenvalue weighted by molar-refractivity contribution is -0.687. The highest BCUT2D eigenvalue weighted by molar-refractivity contribution is 5.70. The van der Waals surface area contributed by atoms with E-state index in [9.17, 15) is 0 Å². The first kappa shape index (κ1) is 17.5. The van der Waals surface area contributed by atoms with E-state index < -0.39 is 0 Å². The van der Waals surface area contributed by atoms with Gasteiger partial charge >= 0.3 is 0 Å². The fourth-order valence-corrected chi connectivity index (χ4v) is 2.36. The van der Waals surface area contributed by atoms with Crippen molar-refractivity contribution in [2.24, 2.45) is 0 Å². The number of hydrogen-bond acceptors (Lipinski definition) is 2. The maximum Gasteiger partial charge on any atom is 0.127 e. The zero-order valence-corrected chi connectivity index (χ0v) is 14.2. The molecular formula is C20H28NO2+. The molecule has 3 heteroatoms. The summed E-state index contributed by atoms with van der Waals surface area (Å²) in [5.41, 5.74) is 2.30. The summed E-state index contributed by atoms with van der Waals surface area (Å²) in [6, 6.07) is 19.1. The molecule has 0 unspecified atom stereocenters. The highest BCUT2D eigenvalue weighted by atomic mass is 16.5. The molecule has 0 aliphatic heterocycles. The molecule has 0 fully saturated rings. The van der Waals surface area contributed by atoms with Crippen molar-refractivity contribution >= 4 is 0 Å². The Morgan fingerprint density at radius 1 is 0.913 bits per heavy atom. The monoisotopic (exact) mass is 314 g/mol. The lowest BCUT2D eigenvalue weighted by Crippen LogP contribution is -2.90. The first-order valence-corrected chi connectivity index (χ1v) is 8.49. The number of ether oxygens (including phenoxy) is 2. The van der Waals surface area contributed by atoms with E-state index in [4.69, 9.17) is 9.47 Å². The molecule has 1 atom stereocenters. The molecular weight excluding hydrogens is 286 g/mol. The van der Waals surface area contributed by atoms with Crippen molar-refractivity contribution in [3.8, 4) is 16.9 Å². The van der Waals surface area contributed by atoms with Gasteiger partial charge in [0, 0.05) is 5.56 Å². The zero-order valence-electron chi connectivity index (χ0n) is 14.2. The van der Waals surface area contributed by atoms with Gasteiger partial charge in [0.05, 0.1) is 25.8 Å². The minimum atomic E-state index is 0.577. The maximum atomic E-state index is 5.91. The summed E-state index contributed by atoms with van der Waals surface area (Å²) in [4.78, 5) is 0. The van der Waals surface area contributed by atoms with Gasteiger partial charge in [0.1, 0.15) is 12.4 Å². The lowest BCUT2D eigenvalue weighted by Gasteiger charge is -2.12. The summed E-state index contributed by atoms with van der Waals surface area (Å²) in [7, 11) is 0. The van der Waals surface area contributed by atoms with Crippen LogP contribution in [0.1, 0.15) is 20.3 Å². The van der Waals surface area contributed by atoms with Crippen molar-refractivity contribution in [1.82, 2.24) is 0 Å². The molecule has 0 bridgehead atoms. The molecule has 0 radical (unpaired) electrons. The van der Waals surface area contributed by atoms with Crippen LogP contribution >= 0.6 is 0 Å². The average molecular weight is 314 g/mol. The average Bonchev–Trinajstić information content (AvgIpc) is 2.61. The van der Waals surface area contributed by atoms with E-state index in [0.717, 1.165) is 24.5 Å². The van der Waals surface area contributed by atoms with Crippen LogP contribution in [0.25, 0.3) is 11.1 Å². The van der Waals surface area contributed by atoms with Crippen LogP contribution in [-0.2, 0) is 4.74 Å². The standard InChI is InChI=1S/C20H27NO2/c1-3-17(2)21-13-14-22-15-16-23-20-12-8-7-11-19(20)18-9-5-4-6-10-18/h4-12,17,21H,3,13-16H2,1-2H3/p+1/t17-/m1/s1. The minimum Gasteiger partial charge on any atom is -0.491 e. The van der Waals surface area contributed by atoms with Crippen LogP contribution in [0.3, 0.4) is 0 Å². The van der Waals surface area contributed by atoms with Crippen molar-refractivity contribution < 1.29 is 14.8 Å². The highest BCUT2D eigenvalue weighted by Crippen LogP contribution is 2.29. The van der Waals surface area contributed by atoms with Gasteiger partial charge in [-0.3, -0.25) is 0 Å². The molecule has 0 heterocycles. The first-order chi connectivity index (χ1) is 11.3. The molecule has 2 aromatic rings. The Hall–Kier alpha value is -1.84. The van der Waals surface area contributed by atoms with Gasteiger partial charge in [-0.15, -0.1) is 0 Å². The summed E-state index contributed by atoms with van der Waals surface area (Å²) in [6.07, 6.45) is 1.19. The van der Waals surface area contributed by atoms with Gasteiger partial charge in [-0.2, -0.15) is 0 Å². The van der Waals surface area contributed by atoms with Gasteiger partial charge in [-0.25, -0.2) is 0 Å². The van der Waals surface area contributed by atoms with Crippen molar-refractivity contribution in [3.05, 3.63) is 54.6 Å². The van der Waals surface area contributed by atoms with Crippen molar-refractivity contribution in [1.29, 1.82) is 0 Å². The summed E-state index contributed by atoms with van der Waals surface area (Å²) < 4.78 is 11.5. The largest absolute Gasteiger partial charge is 0.491 e. The van der Waals surface area contributed by atoms with E-state index in [0.29, 0.717) is 19.3 Å². The van der Waals surface area contributed by atoms with Crippen LogP contribution in [-0.4, -0.2) is 32.4 Å². The van der Waals surface area contributed by atoms with E-state index in [1.165, 1.54) is 12.0 Å². The second kappa shape index (κ2) is 10.0. The lowest BCUT2D eigenvalue weighted by atomic mass is 10.1. The van der Waals surface area contributed by atoms with E-state index in [2.05, 4.69) is 37.4 Å². The van der Waals surface area contributed by atoms with Gasteiger partial charge in [-0.1, -0.05) is 55.5 Å². The molecule has 0 aliphatic rings. The molecule has 0 spiro atoms. The molecule has 2 aromatic carbocycles. The molecule has 3 nitrogen and oxygen atoms in total. The van der Waals surface area contributed by atoms with E-state index in [-0.39, 0.29) is 0 Å². The normalized spacial score (nSPS) is 12.1. The quantitative estimate of drug-likeness (QED) is 0.684. The number of rotatable bonds is 10. The number of para-hydroxylation sites is 1. The summed E-state index contributed by atoms with van der Waals surface area (Å²) >= 11 is 0. The molecule has 2 rings (SSSR count). The van der Waals surface area contributed by atoms with Crippen LogP contribution < -0.4 is 10.1 Å². The van der Waals surface area contributed by atoms with Gasteiger partial charge in [0.25, 0.3) is 0 Å². The fourth-order valence-electron chi connectivity index (χ4n) is 2.36. The van der Waals surface area contributed by atoms with Crippen molar-refractivity contribution in [2.75, 3.05) is 26.4 Å². The number of benzene rings is 2. The van der Waals surface area contributed by atoms with E-state index in [1.807, 2.05) is 36.4 Å². The predicted octanol–water partition coefficient (Wildman–Crippen LogP) is 3.11. The number of hydrogen-bond donors (Lipinski definition) is 1. The molecule has 0 aliphatic carbocycles. The zero-order chi connectivity index (χ0) is 16.3. The Bertz CT molecular complexity index is 557.